The van der Waals surface area contributed by atoms with Gasteiger partial charge in [0, 0.05) is 11.7 Å². The monoisotopic (exact) mass is 290 g/mol. The van der Waals surface area contributed by atoms with Crippen molar-refractivity contribution in [2.45, 2.75) is 45.1 Å². The minimum atomic E-state index is -0.621. The highest BCUT2D eigenvalue weighted by Gasteiger charge is 2.20. The molecule has 0 unspecified atom stereocenters. The molecule has 0 bridgehead atoms. The number of hydrogen-bond acceptors (Lipinski definition) is 3. The van der Waals surface area contributed by atoms with E-state index in [9.17, 15) is 9.59 Å². The molecule has 1 aromatic carbocycles. The first-order valence-corrected chi connectivity index (χ1v) is 7.53. The Morgan fingerprint density at radius 2 is 1.76 bits per heavy atom. The van der Waals surface area contributed by atoms with Gasteiger partial charge in [0.05, 0.1) is 6.61 Å². The van der Waals surface area contributed by atoms with Gasteiger partial charge in [0.2, 0.25) is 0 Å². The van der Waals surface area contributed by atoms with Gasteiger partial charge in [-0.1, -0.05) is 19.3 Å². The maximum absolute atomic E-state index is 11.8. The van der Waals surface area contributed by atoms with Crippen LogP contribution in [0.1, 0.15) is 39.0 Å². The third kappa shape index (κ3) is 4.77. The lowest BCUT2D eigenvalue weighted by Crippen LogP contribution is -2.42. The van der Waals surface area contributed by atoms with Crippen molar-refractivity contribution >= 4 is 17.5 Å². The molecule has 0 saturated heterocycles. The maximum Gasteiger partial charge on any atom is 0.313 e. The number of amides is 2. The van der Waals surface area contributed by atoms with E-state index in [1.54, 1.807) is 24.3 Å². The third-order valence-corrected chi connectivity index (χ3v) is 3.57. The van der Waals surface area contributed by atoms with Gasteiger partial charge in [0.15, 0.2) is 0 Å². The Morgan fingerprint density at radius 3 is 2.38 bits per heavy atom. The van der Waals surface area contributed by atoms with Crippen LogP contribution in [0.2, 0.25) is 0 Å². The molecule has 1 saturated carbocycles. The van der Waals surface area contributed by atoms with Crippen molar-refractivity contribution in [1.29, 1.82) is 0 Å². The van der Waals surface area contributed by atoms with E-state index in [2.05, 4.69) is 10.6 Å². The van der Waals surface area contributed by atoms with E-state index in [1.807, 2.05) is 6.92 Å². The van der Waals surface area contributed by atoms with E-state index < -0.39 is 11.8 Å². The normalized spacial score (nSPS) is 15.3. The summed E-state index contributed by atoms with van der Waals surface area (Å²) in [5.74, 6) is -0.442. The van der Waals surface area contributed by atoms with Crippen molar-refractivity contribution in [2.75, 3.05) is 11.9 Å². The zero-order valence-electron chi connectivity index (χ0n) is 12.4. The molecule has 0 aliphatic heterocycles. The van der Waals surface area contributed by atoms with Gasteiger partial charge < -0.3 is 15.4 Å². The molecule has 0 aromatic heterocycles. The van der Waals surface area contributed by atoms with E-state index in [4.69, 9.17) is 4.74 Å². The van der Waals surface area contributed by atoms with Gasteiger partial charge in [-0.3, -0.25) is 9.59 Å². The molecule has 0 radical (unpaired) electrons. The highest BCUT2D eigenvalue weighted by atomic mass is 16.5. The topological polar surface area (TPSA) is 67.4 Å². The van der Waals surface area contributed by atoms with E-state index >= 15 is 0 Å². The quantitative estimate of drug-likeness (QED) is 0.837. The summed E-state index contributed by atoms with van der Waals surface area (Å²) in [6, 6.07) is 7.10. The maximum atomic E-state index is 11.8. The fraction of sp³-hybridized carbons (Fsp3) is 0.500. The van der Waals surface area contributed by atoms with Crippen LogP contribution in [0.4, 0.5) is 5.69 Å². The van der Waals surface area contributed by atoms with Gasteiger partial charge in [-0.2, -0.15) is 0 Å². The van der Waals surface area contributed by atoms with Crippen molar-refractivity contribution < 1.29 is 14.3 Å². The van der Waals surface area contributed by atoms with Crippen molar-refractivity contribution in [1.82, 2.24) is 5.32 Å². The molecule has 21 heavy (non-hydrogen) atoms. The fourth-order valence-electron chi connectivity index (χ4n) is 2.49. The molecule has 1 aliphatic carbocycles. The summed E-state index contributed by atoms with van der Waals surface area (Å²) in [6.07, 6.45) is 5.37. The summed E-state index contributed by atoms with van der Waals surface area (Å²) in [7, 11) is 0. The predicted octanol–water partition coefficient (Wildman–Crippen LogP) is 2.47. The Labute approximate surface area is 125 Å². The van der Waals surface area contributed by atoms with Crippen LogP contribution in [0, 0.1) is 0 Å². The van der Waals surface area contributed by atoms with Crippen LogP contribution in [-0.4, -0.2) is 24.5 Å². The van der Waals surface area contributed by atoms with Crippen molar-refractivity contribution in [2.24, 2.45) is 0 Å². The zero-order valence-corrected chi connectivity index (χ0v) is 12.4. The number of carbonyl (C=O) groups is 2. The Kier molecular flexibility index (Phi) is 5.60. The molecule has 0 heterocycles. The van der Waals surface area contributed by atoms with Gasteiger partial charge >= 0.3 is 11.8 Å². The third-order valence-electron chi connectivity index (χ3n) is 3.57. The van der Waals surface area contributed by atoms with Crippen molar-refractivity contribution in [3.8, 4) is 5.75 Å². The van der Waals surface area contributed by atoms with Crippen LogP contribution in [0.3, 0.4) is 0 Å². The summed E-state index contributed by atoms with van der Waals surface area (Å²) in [5.41, 5.74) is 0.585. The van der Waals surface area contributed by atoms with E-state index in [-0.39, 0.29) is 6.04 Å². The van der Waals surface area contributed by atoms with Crippen LogP contribution < -0.4 is 15.4 Å². The molecule has 2 rings (SSSR count). The number of benzene rings is 1. The fourth-order valence-corrected chi connectivity index (χ4v) is 2.49. The van der Waals surface area contributed by atoms with E-state index in [0.29, 0.717) is 12.3 Å². The first kappa shape index (κ1) is 15.4. The van der Waals surface area contributed by atoms with Gasteiger partial charge in [-0.05, 0) is 44.0 Å². The second kappa shape index (κ2) is 7.67. The molecular formula is C16H22N2O3. The first-order valence-electron chi connectivity index (χ1n) is 7.53. The lowest BCUT2D eigenvalue weighted by atomic mass is 9.95. The highest BCUT2D eigenvalue weighted by Crippen LogP contribution is 2.18. The van der Waals surface area contributed by atoms with Crippen LogP contribution in [0.25, 0.3) is 0 Å². The van der Waals surface area contributed by atoms with E-state index in [1.165, 1.54) is 6.42 Å². The van der Waals surface area contributed by atoms with Gasteiger partial charge in [-0.15, -0.1) is 0 Å². The molecule has 2 N–H and O–H groups in total. The zero-order chi connectivity index (χ0) is 15.1. The summed E-state index contributed by atoms with van der Waals surface area (Å²) in [4.78, 5) is 23.7. The second-order valence-electron chi connectivity index (χ2n) is 5.22. The van der Waals surface area contributed by atoms with Gasteiger partial charge in [0.1, 0.15) is 5.75 Å². The Balaban J connectivity index is 1.83. The summed E-state index contributed by atoms with van der Waals surface area (Å²) < 4.78 is 5.32. The Morgan fingerprint density at radius 1 is 1.10 bits per heavy atom. The number of rotatable bonds is 4. The SMILES string of the molecule is CCOc1ccc(NC(=O)C(=O)NC2CCCCC2)cc1. The van der Waals surface area contributed by atoms with E-state index in [0.717, 1.165) is 31.4 Å². The molecule has 1 aliphatic rings. The molecule has 1 aromatic rings. The standard InChI is InChI=1S/C16H22N2O3/c1-2-21-14-10-8-13(9-11-14)18-16(20)15(19)17-12-6-4-3-5-7-12/h8-12H,2-7H2,1H3,(H,17,19)(H,18,20). The average molecular weight is 290 g/mol. The summed E-state index contributed by atoms with van der Waals surface area (Å²) >= 11 is 0. The molecule has 1 fully saturated rings. The van der Waals surface area contributed by atoms with Crippen LogP contribution in [0.5, 0.6) is 5.75 Å². The minimum Gasteiger partial charge on any atom is -0.494 e. The molecule has 5 nitrogen and oxygen atoms in total. The molecule has 2 amide bonds. The van der Waals surface area contributed by atoms with Gasteiger partial charge in [-0.25, -0.2) is 0 Å². The Hall–Kier alpha value is -2.04. The van der Waals surface area contributed by atoms with Gasteiger partial charge in [0.25, 0.3) is 0 Å². The smallest absolute Gasteiger partial charge is 0.313 e. The Bertz CT molecular complexity index is 479. The first-order chi connectivity index (χ1) is 10.2. The van der Waals surface area contributed by atoms with Crippen molar-refractivity contribution in [3.05, 3.63) is 24.3 Å². The van der Waals surface area contributed by atoms with Crippen LogP contribution >= 0.6 is 0 Å². The minimum absolute atomic E-state index is 0.136. The molecular weight excluding hydrogens is 268 g/mol. The highest BCUT2D eigenvalue weighted by molar-refractivity contribution is 6.39. The lowest BCUT2D eigenvalue weighted by molar-refractivity contribution is -0.136. The molecule has 5 heteroatoms. The lowest BCUT2D eigenvalue weighted by Gasteiger charge is -2.22. The second-order valence-corrected chi connectivity index (χ2v) is 5.22. The predicted molar refractivity (Wildman–Crippen MR) is 81.3 cm³/mol. The average Bonchev–Trinajstić information content (AvgIpc) is 2.50. The summed E-state index contributed by atoms with van der Waals surface area (Å²) in [5, 5.41) is 5.39. The number of anilines is 1. The number of nitrogens with one attached hydrogen (secondary N) is 2. The number of hydrogen-bond donors (Lipinski definition) is 2. The van der Waals surface area contributed by atoms with Crippen LogP contribution in [0.15, 0.2) is 24.3 Å². The van der Waals surface area contributed by atoms with Crippen LogP contribution in [-0.2, 0) is 9.59 Å². The number of carbonyl (C=O) groups excluding carboxylic acids is 2. The largest absolute Gasteiger partial charge is 0.494 e. The molecule has 114 valence electrons. The summed E-state index contributed by atoms with van der Waals surface area (Å²) in [6.45, 7) is 2.50. The molecule has 0 atom stereocenters. The number of ether oxygens (including phenoxy) is 1. The van der Waals surface area contributed by atoms with Crippen molar-refractivity contribution in [3.63, 3.8) is 0 Å². The molecule has 0 spiro atoms.